The summed E-state index contributed by atoms with van der Waals surface area (Å²) in [6.45, 7) is 7.36. The van der Waals surface area contributed by atoms with Gasteiger partial charge >= 0.3 is 6.09 Å². The van der Waals surface area contributed by atoms with Crippen LogP contribution in [0.2, 0.25) is 0 Å². The van der Waals surface area contributed by atoms with Crippen molar-refractivity contribution in [3.63, 3.8) is 0 Å². The lowest BCUT2D eigenvalue weighted by Crippen LogP contribution is -2.37. The molecule has 0 bridgehead atoms. The van der Waals surface area contributed by atoms with Crippen LogP contribution < -0.4 is 4.74 Å². The first kappa shape index (κ1) is 16.4. The fourth-order valence-electron chi connectivity index (χ4n) is 1.67. The summed E-state index contributed by atoms with van der Waals surface area (Å²) in [4.78, 5) is 13.5. The molecule has 0 fully saturated rings. The minimum atomic E-state index is -0.554. The van der Waals surface area contributed by atoms with E-state index in [1.54, 1.807) is 7.11 Å². The Hall–Kier alpha value is -1.62. The predicted molar refractivity (Wildman–Crippen MR) is 83.1 cm³/mol. The molecular formula is C15H21NO3S. The molecule has 1 rings (SSSR count). The molecule has 0 saturated carbocycles. The van der Waals surface area contributed by atoms with Gasteiger partial charge in [0.1, 0.15) is 11.4 Å². The molecule has 0 aliphatic heterocycles. The minimum Gasteiger partial charge on any atom is -0.497 e. The molecule has 1 amide bonds. The number of methoxy groups -OCH3 is 1. The van der Waals surface area contributed by atoms with Gasteiger partial charge in [0.15, 0.2) is 0 Å². The van der Waals surface area contributed by atoms with Crippen LogP contribution in [0.25, 0.3) is 0 Å². The fourth-order valence-corrected chi connectivity index (χ4v) is 1.94. The minimum absolute atomic E-state index is 0.225. The zero-order valence-electron chi connectivity index (χ0n) is 12.5. The topological polar surface area (TPSA) is 38.8 Å². The average Bonchev–Trinajstić information content (AvgIpc) is 2.37. The van der Waals surface area contributed by atoms with Crippen LogP contribution in [0.5, 0.6) is 5.75 Å². The van der Waals surface area contributed by atoms with E-state index in [1.807, 2.05) is 52.0 Å². The summed E-state index contributed by atoms with van der Waals surface area (Å²) in [5.74, 6) is 0.739. The lowest BCUT2D eigenvalue weighted by molar-refractivity contribution is 0.0333. The van der Waals surface area contributed by atoms with E-state index in [0.717, 1.165) is 11.3 Å². The molecule has 0 N–H and O–H groups in total. The molecule has 110 valence electrons. The molecule has 0 aliphatic carbocycles. The van der Waals surface area contributed by atoms with Crippen molar-refractivity contribution < 1.29 is 14.3 Å². The van der Waals surface area contributed by atoms with Crippen LogP contribution in [-0.2, 0) is 4.74 Å². The Kier molecular flexibility index (Phi) is 5.51. The summed E-state index contributed by atoms with van der Waals surface area (Å²) >= 11 is 4.95. The molecule has 0 aliphatic rings. The van der Waals surface area contributed by atoms with Gasteiger partial charge in [-0.1, -0.05) is 24.4 Å². The first-order valence-corrected chi connectivity index (χ1v) is 6.86. The summed E-state index contributed by atoms with van der Waals surface area (Å²) in [6.07, 6.45) is -0.456. The van der Waals surface area contributed by atoms with Crippen LogP contribution in [0.3, 0.4) is 0 Å². The molecule has 0 radical (unpaired) electrons. The molecule has 0 heterocycles. The average molecular weight is 295 g/mol. The van der Waals surface area contributed by atoms with Crippen LogP contribution >= 0.6 is 12.2 Å². The molecule has 0 aromatic heterocycles. The van der Waals surface area contributed by atoms with Crippen molar-refractivity contribution in [3.05, 3.63) is 29.8 Å². The van der Waals surface area contributed by atoms with Crippen molar-refractivity contribution in [3.8, 4) is 5.75 Å². The van der Waals surface area contributed by atoms with Gasteiger partial charge in [0.25, 0.3) is 0 Å². The molecule has 1 aromatic rings. The standard InChI is InChI=1S/C15H21NO3S/c1-11(12-7-6-8-13(9-12)18-5)16(10-20)14(17)19-15(2,3)4/h6-11H,1-5H3. The highest BCUT2D eigenvalue weighted by atomic mass is 32.1. The molecule has 1 aromatic carbocycles. The maximum Gasteiger partial charge on any atom is 0.415 e. The molecule has 1 unspecified atom stereocenters. The summed E-state index contributed by atoms with van der Waals surface area (Å²) in [7, 11) is 1.61. The number of hydrogen-bond donors (Lipinski definition) is 0. The van der Waals surface area contributed by atoms with Crippen LogP contribution in [0, 0.1) is 0 Å². The molecule has 4 nitrogen and oxygen atoms in total. The van der Waals surface area contributed by atoms with E-state index in [9.17, 15) is 4.79 Å². The third kappa shape index (κ3) is 4.49. The quantitative estimate of drug-likeness (QED) is 0.788. The third-order valence-corrected chi connectivity index (χ3v) is 2.94. The highest BCUT2D eigenvalue weighted by Crippen LogP contribution is 2.24. The van der Waals surface area contributed by atoms with Gasteiger partial charge in [-0.2, -0.15) is 0 Å². The smallest absolute Gasteiger partial charge is 0.415 e. The Morgan fingerprint density at radius 1 is 1.40 bits per heavy atom. The Balaban J connectivity index is 2.93. The van der Waals surface area contributed by atoms with Gasteiger partial charge in [0.05, 0.1) is 18.6 Å². The fraction of sp³-hybridized carbons (Fsp3) is 0.467. The van der Waals surface area contributed by atoms with Gasteiger partial charge in [0, 0.05) is 0 Å². The van der Waals surface area contributed by atoms with E-state index in [1.165, 1.54) is 10.4 Å². The molecule has 5 heteroatoms. The second-order valence-corrected chi connectivity index (χ2v) is 5.66. The van der Waals surface area contributed by atoms with Gasteiger partial charge in [-0.25, -0.2) is 4.79 Å². The first-order chi connectivity index (χ1) is 9.28. The Morgan fingerprint density at radius 2 is 2.05 bits per heavy atom. The monoisotopic (exact) mass is 295 g/mol. The van der Waals surface area contributed by atoms with Gasteiger partial charge in [-0.15, -0.1) is 0 Å². The predicted octanol–water partition coefficient (Wildman–Crippen LogP) is 3.95. The molecule has 1 atom stereocenters. The third-order valence-electron chi connectivity index (χ3n) is 2.71. The molecule has 0 saturated heterocycles. The largest absolute Gasteiger partial charge is 0.497 e. The molecule has 20 heavy (non-hydrogen) atoms. The normalized spacial score (nSPS) is 12.4. The Labute approximate surface area is 125 Å². The maximum atomic E-state index is 12.1. The first-order valence-electron chi connectivity index (χ1n) is 6.39. The van der Waals surface area contributed by atoms with E-state index < -0.39 is 11.7 Å². The van der Waals surface area contributed by atoms with Gasteiger partial charge < -0.3 is 9.47 Å². The van der Waals surface area contributed by atoms with Gasteiger partial charge in [0.2, 0.25) is 0 Å². The van der Waals surface area contributed by atoms with E-state index in [2.05, 4.69) is 0 Å². The second-order valence-electron chi connectivity index (χ2n) is 5.45. The number of carbonyl (C=O) groups is 1. The Bertz CT molecular complexity index is 482. The van der Waals surface area contributed by atoms with Crippen LogP contribution in [-0.4, -0.2) is 29.2 Å². The van der Waals surface area contributed by atoms with Crippen molar-refractivity contribution in [1.29, 1.82) is 0 Å². The van der Waals surface area contributed by atoms with Crippen LogP contribution in [0.4, 0.5) is 4.79 Å². The lowest BCUT2D eigenvalue weighted by atomic mass is 10.1. The van der Waals surface area contributed by atoms with Gasteiger partial charge in [-0.3, -0.25) is 4.90 Å². The number of ether oxygens (including phenoxy) is 2. The van der Waals surface area contributed by atoms with E-state index in [-0.39, 0.29) is 6.04 Å². The number of carbonyl (C=O) groups excluding carboxylic acids is 1. The number of nitrogens with zero attached hydrogens (tertiary/aromatic N) is 1. The highest BCUT2D eigenvalue weighted by molar-refractivity contribution is 7.78. The van der Waals surface area contributed by atoms with Crippen molar-refractivity contribution >= 4 is 23.8 Å². The zero-order chi connectivity index (χ0) is 15.3. The van der Waals surface area contributed by atoms with Crippen molar-refractivity contribution in [1.82, 2.24) is 4.90 Å². The van der Waals surface area contributed by atoms with Gasteiger partial charge in [-0.05, 0) is 45.4 Å². The number of hydrogen-bond acceptors (Lipinski definition) is 4. The number of rotatable bonds is 4. The highest BCUT2D eigenvalue weighted by Gasteiger charge is 2.25. The summed E-state index contributed by atoms with van der Waals surface area (Å²) < 4.78 is 10.5. The molecule has 0 spiro atoms. The number of thiocarbonyl (C=S) groups is 1. The van der Waals surface area contributed by atoms with Crippen LogP contribution in [0.1, 0.15) is 39.3 Å². The van der Waals surface area contributed by atoms with Crippen molar-refractivity contribution in [2.45, 2.75) is 39.3 Å². The van der Waals surface area contributed by atoms with Crippen molar-refractivity contribution in [2.75, 3.05) is 7.11 Å². The van der Waals surface area contributed by atoms with E-state index in [4.69, 9.17) is 21.7 Å². The number of benzene rings is 1. The maximum absolute atomic E-state index is 12.1. The van der Waals surface area contributed by atoms with E-state index >= 15 is 0 Å². The second kappa shape index (κ2) is 6.70. The SMILES string of the molecule is COc1cccc(C(C)N(C=S)C(=O)OC(C)(C)C)c1. The summed E-state index contributed by atoms with van der Waals surface area (Å²) in [6, 6.07) is 7.30. The van der Waals surface area contributed by atoms with Crippen molar-refractivity contribution in [2.24, 2.45) is 0 Å². The van der Waals surface area contributed by atoms with E-state index in [0.29, 0.717) is 0 Å². The summed E-state index contributed by atoms with van der Waals surface area (Å²) in [5.41, 5.74) is 1.69. The number of amides is 1. The van der Waals surface area contributed by atoms with Crippen LogP contribution in [0.15, 0.2) is 24.3 Å². The zero-order valence-corrected chi connectivity index (χ0v) is 13.4. The molecular weight excluding hydrogens is 274 g/mol. The lowest BCUT2D eigenvalue weighted by Gasteiger charge is -2.28. The Morgan fingerprint density at radius 3 is 2.55 bits per heavy atom. The summed E-state index contributed by atoms with van der Waals surface area (Å²) in [5, 5.41) is 0.